The van der Waals surface area contributed by atoms with E-state index in [1.807, 2.05) is 29.6 Å². The van der Waals surface area contributed by atoms with Crippen molar-refractivity contribution in [2.75, 3.05) is 19.3 Å². The first-order valence-electron chi connectivity index (χ1n) is 6.41. The number of amides is 1. The molecule has 1 amide bonds. The van der Waals surface area contributed by atoms with Gasteiger partial charge in [-0.2, -0.15) is 0 Å². The second kappa shape index (κ2) is 4.86. The lowest BCUT2D eigenvalue weighted by Gasteiger charge is -2.15. The number of rotatable bonds is 2. The molecule has 0 radical (unpaired) electrons. The van der Waals surface area contributed by atoms with Gasteiger partial charge in [0.05, 0.1) is 10.8 Å². The third kappa shape index (κ3) is 2.33. The third-order valence-corrected chi connectivity index (χ3v) is 6.31. The minimum atomic E-state index is -3.07. The monoisotopic (exact) mass is 309 g/mol. The normalized spacial score (nSPS) is 19.6. The lowest BCUT2D eigenvalue weighted by molar-refractivity contribution is 0.0795. The Hall–Kier alpha value is -1.40. The highest BCUT2D eigenvalue weighted by Crippen LogP contribution is 2.28. The minimum absolute atomic E-state index is 0.0615. The molecule has 3 rings (SSSR count). The van der Waals surface area contributed by atoms with Crippen LogP contribution < -0.4 is 0 Å². The predicted molar refractivity (Wildman–Crippen MR) is 81.0 cm³/mol. The number of sulfone groups is 1. The molecule has 1 unspecified atom stereocenters. The summed E-state index contributed by atoms with van der Waals surface area (Å²) in [5, 5.41) is 2.39. The minimum Gasteiger partial charge on any atom is -0.337 e. The van der Waals surface area contributed by atoms with Gasteiger partial charge in [0.1, 0.15) is 0 Å². The number of likely N-dealkylation sites (tertiary alicyclic amines) is 1. The van der Waals surface area contributed by atoms with E-state index in [0.29, 0.717) is 25.1 Å². The van der Waals surface area contributed by atoms with Gasteiger partial charge in [0.15, 0.2) is 9.84 Å². The van der Waals surface area contributed by atoms with Crippen LogP contribution in [-0.4, -0.2) is 43.8 Å². The summed E-state index contributed by atoms with van der Waals surface area (Å²) in [6.07, 6.45) is 1.78. The molecule has 6 heteroatoms. The van der Waals surface area contributed by atoms with Crippen molar-refractivity contribution >= 4 is 37.2 Å². The summed E-state index contributed by atoms with van der Waals surface area (Å²) in [6, 6.07) is 7.78. The maximum absolute atomic E-state index is 12.5. The number of carbonyl (C=O) groups is 1. The predicted octanol–water partition coefficient (Wildman–Crippen LogP) is 2.16. The average Bonchev–Trinajstić information content (AvgIpc) is 3.04. The fourth-order valence-corrected chi connectivity index (χ4v) is 4.49. The zero-order chi connectivity index (χ0) is 14.3. The molecule has 1 aromatic heterocycles. The largest absolute Gasteiger partial charge is 0.337 e. The highest BCUT2D eigenvalue weighted by atomic mass is 32.2. The summed E-state index contributed by atoms with van der Waals surface area (Å²) < 4.78 is 24.2. The second-order valence-corrected chi connectivity index (χ2v) is 8.37. The lowest BCUT2D eigenvalue weighted by Crippen LogP contribution is -2.31. The molecule has 0 aliphatic carbocycles. The van der Waals surface area contributed by atoms with E-state index in [1.54, 1.807) is 16.2 Å². The van der Waals surface area contributed by atoms with Crippen molar-refractivity contribution in [3.8, 4) is 0 Å². The van der Waals surface area contributed by atoms with E-state index >= 15 is 0 Å². The highest BCUT2D eigenvalue weighted by molar-refractivity contribution is 7.91. The van der Waals surface area contributed by atoms with E-state index in [4.69, 9.17) is 0 Å². The van der Waals surface area contributed by atoms with Gasteiger partial charge >= 0.3 is 0 Å². The van der Waals surface area contributed by atoms with Gasteiger partial charge in [-0.25, -0.2) is 8.42 Å². The summed E-state index contributed by atoms with van der Waals surface area (Å²) >= 11 is 1.54. The Bertz CT molecular complexity index is 764. The van der Waals surface area contributed by atoms with Crippen LogP contribution in [0.1, 0.15) is 16.8 Å². The Balaban J connectivity index is 1.87. The summed E-state index contributed by atoms with van der Waals surface area (Å²) in [4.78, 5) is 14.2. The van der Waals surface area contributed by atoms with E-state index in [2.05, 4.69) is 0 Å². The molecule has 4 nitrogen and oxygen atoms in total. The number of hydrogen-bond donors (Lipinski definition) is 0. The molecule has 1 saturated heterocycles. The molecule has 0 bridgehead atoms. The molecule has 0 spiro atoms. The number of thiophene rings is 1. The van der Waals surface area contributed by atoms with Crippen LogP contribution in [-0.2, 0) is 9.84 Å². The average molecular weight is 309 g/mol. The fraction of sp³-hybridized carbons (Fsp3) is 0.357. The van der Waals surface area contributed by atoms with Gasteiger partial charge in [0.25, 0.3) is 5.91 Å². The Labute approximate surface area is 121 Å². The first kappa shape index (κ1) is 13.6. The third-order valence-electron chi connectivity index (χ3n) is 3.75. The molecule has 2 heterocycles. The van der Waals surface area contributed by atoms with Crippen LogP contribution in [0.5, 0.6) is 0 Å². The van der Waals surface area contributed by atoms with Crippen LogP contribution in [0, 0.1) is 0 Å². The summed E-state index contributed by atoms with van der Waals surface area (Å²) in [7, 11) is -3.07. The summed E-state index contributed by atoms with van der Waals surface area (Å²) in [6.45, 7) is 0.822. The van der Waals surface area contributed by atoms with Gasteiger partial charge in [-0.3, -0.25) is 4.79 Å². The molecule has 2 aromatic rings. The van der Waals surface area contributed by atoms with Crippen molar-refractivity contribution in [1.29, 1.82) is 0 Å². The van der Waals surface area contributed by atoms with E-state index < -0.39 is 15.1 Å². The van der Waals surface area contributed by atoms with Crippen LogP contribution in [0.25, 0.3) is 10.1 Å². The van der Waals surface area contributed by atoms with E-state index in [1.165, 1.54) is 6.26 Å². The molecule has 20 heavy (non-hydrogen) atoms. The molecule has 1 aromatic carbocycles. The second-order valence-electron chi connectivity index (χ2n) is 5.14. The Morgan fingerprint density at radius 3 is 2.80 bits per heavy atom. The maximum atomic E-state index is 12.5. The maximum Gasteiger partial charge on any atom is 0.255 e. The quantitative estimate of drug-likeness (QED) is 0.854. The van der Waals surface area contributed by atoms with Gasteiger partial charge in [-0.1, -0.05) is 18.2 Å². The molecule has 1 fully saturated rings. The molecule has 1 aliphatic heterocycles. The Morgan fingerprint density at radius 1 is 1.35 bits per heavy atom. The summed E-state index contributed by atoms with van der Waals surface area (Å²) in [5.41, 5.74) is 0.680. The van der Waals surface area contributed by atoms with Gasteiger partial charge < -0.3 is 4.90 Å². The van der Waals surface area contributed by atoms with Gasteiger partial charge in [0.2, 0.25) is 0 Å². The van der Waals surface area contributed by atoms with Crippen LogP contribution in [0.2, 0.25) is 0 Å². The summed E-state index contributed by atoms with van der Waals surface area (Å²) in [5.74, 6) is -0.0615. The van der Waals surface area contributed by atoms with Gasteiger partial charge in [-0.05, 0) is 12.5 Å². The van der Waals surface area contributed by atoms with Gasteiger partial charge in [-0.15, -0.1) is 11.3 Å². The molecule has 0 saturated carbocycles. The van der Waals surface area contributed by atoms with Crippen molar-refractivity contribution in [3.63, 3.8) is 0 Å². The van der Waals surface area contributed by atoms with Crippen LogP contribution in [0.3, 0.4) is 0 Å². The van der Waals surface area contributed by atoms with E-state index in [0.717, 1.165) is 10.1 Å². The van der Waals surface area contributed by atoms with E-state index in [-0.39, 0.29) is 5.91 Å². The first-order chi connectivity index (χ1) is 9.47. The van der Waals surface area contributed by atoms with Crippen LogP contribution >= 0.6 is 11.3 Å². The Morgan fingerprint density at radius 2 is 2.10 bits per heavy atom. The number of benzene rings is 1. The zero-order valence-electron chi connectivity index (χ0n) is 11.1. The lowest BCUT2D eigenvalue weighted by atomic mass is 10.1. The van der Waals surface area contributed by atoms with Crippen molar-refractivity contribution in [2.45, 2.75) is 11.7 Å². The number of carbonyl (C=O) groups excluding carboxylic acids is 1. The van der Waals surface area contributed by atoms with E-state index in [9.17, 15) is 13.2 Å². The molecular formula is C14H15NO3S2. The molecule has 1 aliphatic rings. The number of hydrogen-bond acceptors (Lipinski definition) is 4. The SMILES string of the molecule is CS(=O)(=O)C1CCN(C(=O)c2csc3ccccc23)C1. The molecule has 0 N–H and O–H groups in total. The zero-order valence-corrected chi connectivity index (χ0v) is 12.7. The smallest absolute Gasteiger partial charge is 0.255 e. The molecule has 106 valence electrons. The Kier molecular flexibility index (Phi) is 3.30. The van der Waals surface area contributed by atoms with Crippen molar-refractivity contribution in [3.05, 3.63) is 35.2 Å². The first-order valence-corrected chi connectivity index (χ1v) is 9.24. The molecule has 1 atom stereocenters. The van der Waals surface area contributed by atoms with Crippen molar-refractivity contribution < 1.29 is 13.2 Å². The number of fused-ring (bicyclic) bond motifs is 1. The topological polar surface area (TPSA) is 54.5 Å². The van der Waals surface area contributed by atoms with Crippen LogP contribution in [0.15, 0.2) is 29.6 Å². The molecular weight excluding hydrogens is 294 g/mol. The standard InChI is InChI=1S/C14H15NO3S2/c1-20(17,18)10-6-7-15(8-10)14(16)12-9-19-13-5-3-2-4-11(12)13/h2-5,9-10H,6-8H2,1H3. The fourth-order valence-electron chi connectivity index (χ4n) is 2.58. The number of nitrogens with zero attached hydrogens (tertiary/aromatic N) is 1. The van der Waals surface area contributed by atoms with Crippen molar-refractivity contribution in [2.24, 2.45) is 0 Å². The van der Waals surface area contributed by atoms with Gasteiger partial charge in [0, 0.05) is 34.8 Å². The highest BCUT2D eigenvalue weighted by Gasteiger charge is 2.33. The van der Waals surface area contributed by atoms with Crippen molar-refractivity contribution in [1.82, 2.24) is 4.90 Å². The van der Waals surface area contributed by atoms with Crippen LogP contribution in [0.4, 0.5) is 0 Å².